The summed E-state index contributed by atoms with van der Waals surface area (Å²) in [7, 11) is 3.14. The minimum absolute atomic E-state index is 0.00322. The summed E-state index contributed by atoms with van der Waals surface area (Å²) in [6.07, 6.45) is 0.655. The maximum Gasteiger partial charge on any atom is 0.345 e. The molecule has 4 aromatic rings. The Morgan fingerprint density at radius 2 is 1.81 bits per heavy atom. The smallest absolute Gasteiger partial charge is 0.345 e. The van der Waals surface area contributed by atoms with Crippen molar-refractivity contribution >= 4 is 55.2 Å². The Balaban J connectivity index is 1.26. The Morgan fingerprint density at radius 3 is 2.59 bits per heavy atom. The highest BCUT2D eigenvalue weighted by molar-refractivity contribution is 9.10. The van der Waals surface area contributed by atoms with Gasteiger partial charge in [-0.15, -0.1) is 11.3 Å². The van der Waals surface area contributed by atoms with E-state index in [9.17, 15) is 14.4 Å². The molecule has 192 valence electrons. The number of aromatic nitrogens is 1. The van der Waals surface area contributed by atoms with Crippen LogP contribution in [0.5, 0.6) is 11.5 Å². The van der Waals surface area contributed by atoms with Gasteiger partial charge < -0.3 is 24.5 Å². The molecule has 0 atom stereocenters. The summed E-state index contributed by atoms with van der Waals surface area (Å²) < 4.78 is 16.8. The molecule has 0 bridgehead atoms. The van der Waals surface area contributed by atoms with Crippen LogP contribution < -0.4 is 25.7 Å². The van der Waals surface area contributed by atoms with Gasteiger partial charge in [-0.25, -0.2) is 9.78 Å². The largest absolute Gasteiger partial charge is 0.493 e. The topological polar surface area (TPSA) is 120 Å². The molecule has 0 saturated carbocycles. The summed E-state index contributed by atoms with van der Waals surface area (Å²) in [6, 6.07) is 12.6. The first kappa shape index (κ1) is 26.4. The molecule has 0 aliphatic heterocycles. The Kier molecular flexibility index (Phi) is 8.57. The van der Waals surface area contributed by atoms with Crippen molar-refractivity contribution in [3.8, 4) is 22.8 Å². The number of ether oxygens (including phenoxy) is 2. The number of halogens is 1. The standard InChI is InChI=1S/C26H24BrN3O6S/c1-34-21-5-3-15(11-22(21)35-2)9-10-28-23(31)7-8-24(32)30-26-29-19(14-37-26)18-13-16-12-17(27)4-6-20(16)36-25(18)33/h3-6,11-14H,7-10H2,1-2H3,(H,28,31)(H,29,30,32). The van der Waals surface area contributed by atoms with Crippen molar-refractivity contribution < 1.29 is 23.5 Å². The second-order valence-electron chi connectivity index (χ2n) is 8.01. The van der Waals surface area contributed by atoms with Crippen LogP contribution in [0, 0.1) is 0 Å². The Morgan fingerprint density at radius 1 is 1.03 bits per heavy atom. The normalized spacial score (nSPS) is 10.8. The van der Waals surface area contributed by atoms with E-state index < -0.39 is 5.63 Å². The SMILES string of the molecule is COc1ccc(CCNC(=O)CCC(=O)Nc2nc(-c3cc4cc(Br)ccc4oc3=O)cs2)cc1OC. The van der Waals surface area contributed by atoms with Crippen molar-refractivity contribution in [2.75, 3.05) is 26.1 Å². The monoisotopic (exact) mass is 585 g/mol. The maximum atomic E-state index is 12.4. The third-order valence-electron chi connectivity index (χ3n) is 5.48. The molecule has 2 aromatic carbocycles. The van der Waals surface area contributed by atoms with Gasteiger partial charge in [0.05, 0.1) is 25.5 Å². The number of carbonyl (C=O) groups excluding carboxylic acids is 2. The van der Waals surface area contributed by atoms with E-state index in [2.05, 4.69) is 31.5 Å². The van der Waals surface area contributed by atoms with Crippen LogP contribution in [0.1, 0.15) is 18.4 Å². The lowest BCUT2D eigenvalue weighted by molar-refractivity contribution is -0.124. The van der Waals surface area contributed by atoms with Gasteiger partial charge in [0.25, 0.3) is 0 Å². The zero-order chi connectivity index (χ0) is 26.4. The average molecular weight is 586 g/mol. The van der Waals surface area contributed by atoms with Crippen LogP contribution in [0.3, 0.4) is 0 Å². The van der Waals surface area contributed by atoms with Crippen molar-refractivity contribution in [1.82, 2.24) is 10.3 Å². The summed E-state index contributed by atoms with van der Waals surface area (Å²) in [4.78, 5) is 41.3. The third kappa shape index (κ3) is 6.75. The van der Waals surface area contributed by atoms with E-state index in [0.717, 1.165) is 15.4 Å². The van der Waals surface area contributed by atoms with E-state index in [4.69, 9.17) is 13.9 Å². The highest BCUT2D eigenvalue weighted by Crippen LogP contribution is 2.28. The first-order valence-corrected chi connectivity index (χ1v) is 13.0. The molecule has 4 rings (SSSR count). The van der Waals surface area contributed by atoms with Crippen LogP contribution in [0.4, 0.5) is 5.13 Å². The Bertz CT molecular complexity index is 1500. The van der Waals surface area contributed by atoms with E-state index >= 15 is 0 Å². The van der Waals surface area contributed by atoms with Gasteiger partial charge in [-0.05, 0) is 48.4 Å². The molecule has 0 fully saturated rings. The number of hydrogen-bond donors (Lipinski definition) is 2. The second kappa shape index (κ2) is 12.0. The van der Waals surface area contributed by atoms with E-state index in [1.807, 2.05) is 24.3 Å². The van der Waals surface area contributed by atoms with E-state index in [0.29, 0.717) is 46.4 Å². The third-order valence-corrected chi connectivity index (χ3v) is 6.73. The first-order chi connectivity index (χ1) is 17.9. The second-order valence-corrected chi connectivity index (χ2v) is 9.78. The Labute approximate surface area is 224 Å². The van der Waals surface area contributed by atoms with Crippen LogP contribution >= 0.6 is 27.3 Å². The minimum atomic E-state index is -0.511. The molecular formula is C26H24BrN3O6S. The van der Waals surface area contributed by atoms with Crippen LogP contribution in [-0.2, 0) is 16.0 Å². The number of anilines is 1. The number of methoxy groups -OCH3 is 2. The summed E-state index contributed by atoms with van der Waals surface area (Å²) in [5.41, 5.74) is 1.66. The van der Waals surface area contributed by atoms with Crippen molar-refractivity contribution in [2.24, 2.45) is 0 Å². The molecule has 0 spiro atoms. The fourth-order valence-corrected chi connectivity index (χ4v) is 4.71. The molecule has 2 aromatic heterocycles. The van der Waals surface area contributed by atoms with Gasteiger partial charge in [-0.2, -0.15) is 0 Å². The summed E-state index contributed by atoms with van der Waals surface area (Å²) in [5, 5.41) is 8.25. The molecule has 0 aliphatic carbocycles. The van der Waals surface area contributed by atoms with Crippen LogP contribution in [0.2, 0.25) is 0 Å². The molecule has 0 radical (unpaired) electrons. The molecule has 0 aliphatic rings. The molecule has 0 saturated heterocycles. The van der Waals surface area contributed by atoms with Gasteiger partial charge in [-0.1, -0.05) is 22.0 Å². The van der Waals surface area contributed by atoms with Gasteiger partial charge in [-0.3, -0.25) is 9.59 Å². The lowest BCUT2D eigenvalue weighted by Gasteiger charge is -2.10. The number of rotatable bonds is 10. The number of nitrogens with one attached hydrogen (secondary N) is 2. The zero-order valence-corrected chi connectivity index (χ0v) is 22.5. The number of amides is 2. The minimum Gasteiger partial charge on any atom is -0.493 e. The molecule has 2 N–H and O–H groups in total. The van der Waals surface area contributed by atoms with E-state index in [1.54, 1.807) is 37.8 Å². The zero-order valence-electron chi connectivity index (χ0n) is 20.1. The van der Waals surface area contributed by atoms with Gasteiger partial charge in [0.2, 0.25) is 11.8 Å². The number of fused-ring (bicyclic) bond motifs is 1. The molecule has 37 heavy (non-hydrogen) atoms. The number of benzene rings is 2. The van der Waals surface area contributed by atoms with Crippen LogP contribution in [0.25, 0.3) is 22.2 Å². The number of thiazole rings is 1. The fourth-order valence-electron chi connectivity index (χ4n) is 3.61. The highest BCUT2D eigenvalue weighted by atomic mass is 79.9. The van der Waals surface area contributed by atoms with E-state index in [1.165, 1.54) is 11.3 Å². The quantitative estimate of drug-likeness (QED) is 0.257. The predicted octanol–water partition coefficient (Wildman–Crippen LogP) is 4.77. The molecule has 11 heteroatoms. The average Bonchev–Trinajstić information content (AvgIpc) is 3.35. The molecular weight excluding hydrogens is 562 g/mol. The molecule has 0 unspecified atom stereocenters. The predicted molar refractivity (Wildman–Crippen MR) is 145 cm³/mol. The van der Waals surface area contributed by atoms with Crippen molar-refractivity contribution in [3.05, 3.63) is 68.3 Å². The first-order valence-electron chi connectivity index (χ1n) is 11.3. The summed E-state index contributed by atoms with van der Waals surface area (Å²) in [5.74, 6) is 0.700. The maximum absolute atomic E-state index is 12.4. The molecule has 2 heterocycles. The van der Waals surface area contributed by atoms with Crippen molar-refractivity contribution in [2.45, 2.75) is 19.3 Å². The lowest BCUT2D eigenvalue weighted by Crippen LogP contribution is -2.26. The number of carbonyl (C=O) groups is 2. The van der Waals surface area contributed by atoms with Gasteiger partial charge in [0.15, 0.2) is 16.6 Å². The van der Waals surface area contributed by atoms with Crippen LogP contribution in [-0.4, -0.2) is 37.6 Å². The lowest BCUT2D eigenvalue weighted by atomic mass is 10.1. The van der Waals surface area contributed by atoms with Gasteiger partial charge in [0.1, 0.15) is 5.58 Å². The summed E-state index contributed by atoms with van der Waals surface area (Å²) >= 11 is 4.59. The van der Waals surface area contributed by atoms with E-state index in [-0.39, 0.29) is 24.7 Å². The molecule has 2 amide bonds. The number of nitrogens with zero attached hydrogens (tertiary/aromatic N) is 1. The highest BCUT2D eigenvalue weighted by Gasteiger charge is 2.14. The Hall–Kier alpha value is -3.70. The molecule has 9 nitrogen and oxygen atoms in total. The number of hydrogen-bond acceptors (Lipinski definition) is 8. The van der Waals surface area contributed by atoms with Crippen molar-refractivity contribution in [1.29, 1.82) is 0 Å². The van der Waals surface area contributed by atoms with Crippen LogP contribution in [0.15, 0.2) is 61.5 Å². The van der Waals surface area contributed by atoms with Crippen molar-refractivity contribution in [3.63, 3.8) is 0 Å². The fraction of sp³-hybridized carbons (Fsp3) is 0.231. The summed E-state index contributed by atoms with van der Waals surface area (Å²) in [6.45, 7) is 0.427. The van der Waals surface area contributed by atoms with Gasteiger partial charge in [0, 0.05) is 34.6 Å². The van der Waals surface area contributed by atoms with Gasteiger partial charge >= 0.3 is 5.63 Å².